The number of carbonyl (C=O) groups is 2. The zero-order chi connectivity index (χ0) is 18.0. The number of hydrogen-bond donors (Lipinski definition) is 2. The van der Waals surface area contributed by atoms with Crippen LogP contribution in [0.25, 0.3) is 22.1 Å². The number of esters is 1. The molecule has 0 atom stereocenters. The fraction of sp³-hybridized carbons (Fsp3) is 0.312. The van der Waals surface area contributed by atoms with Crippen LogP contribution in [0.5, 0.6) is 0 Å². The quantitative estimate of drug-likeness (QED) is 0.526. The maximum atomic E-state index is 12.0. The number of methoxy groups -OCH3 is 1. The van der Waals surface area contributed by atoms with Crippen LogP contribution < -0.4 is 5.32 Å². The first-order chi connectivity index (χ1) is 11.9. The lowest BCUT2D eigenvalue weighted by Gasteiger charge is -2.22. The zero-order valence-corrected chi connectivity index (χ0v) is 14.8. The van der Waals surface area contributed by atoms with Crippen LogP contribution in [0.3, 0.4) is 0 Å². The van der Waals surface area contributed by atoms with Crippen molar-refractivity contribution in [3.8, 4) is 0 Å². The van der Waals surface area contributed by atoms with Crippen molar-refractivity contribution in [1.29, 1.82) is 0 Å². The van der Waals surface area contributed by atoms with Crippen molar-refractivity contribution in [3.05, 3.63) is 24.3 Å². The molecule has 0 unspecified atom stereocenters. The maximum absolute atomic E-state index is 12.0. The average Bonchev–Trinajstić information content (AvgIpc) is 2.96. The van der Waals surface area contributed by atoms with Gasteiger partial charge in [0.1, 0.15) is 11.1 Å². The number of thioether (sulfide) groups is 1. The van der Waals surface area contributed by atoms with Crippen LogP contribution in [0.2, 0.25) is 0 Å². The van der Waals surface area contributed by atoms with E-state index < -0.39 is 11.5 Å². The summed E-state index contributed by atoms with van der Waals surface area (Å²) in [7, 11) is 1.28. The Labute approximate surface area is 147 Å². The molecular weight excluding hydrogens is 342 g/mol. The summed E-state index contributed by atoms with van der Waals surface area (Å²) in [4.78, 5) is 31.2. The van der Waals surface area contributed by atoms with Gasteiger partial charge in [-0.15, -0.1) is 10.2 Å². The molecule has 1 aromatic carbocycles. The Hall–Kier alpha value is -2.68. The van der Waals surface area contributed by atoms with Crippen LogP contribution in [0.1, 0.15) is 13.8 Å². The van der Waals surface area contributed by atoms with Crippen molar-refractivity contribution in [2.24, 2.45) is 0 Å². The first-order valence-electron chi connectivity index (χ1n) is 7.54. The van der Waals surface area contributed by atoms with Gasteiger partial charge < -0.3 is 15.0 Å². The molecule has 130 valence electrons. The van der Waals surface area contributed by atoms with Crippen molar-refractivity contribution in [1.82, 2.24) is 25.5 Å². The molecule has 2 aromatic heterocycles. The standard InChI is InChI=1S/C16H17N5O3S/c1-16(2,14(23)24-3)19-11(22)8-25-15-18-13-12(20-21-15)9-6-4-5-7-10(9)17-13/h4-7H,8H2,1-3H3,(H,19,22)(H,17,18,21). The molecule has 0 saturated heterocycles. The van der Waals surface area contributed by atoms with Crippen LogP contribution in [0.4, 0.5) is 0 Å². The lowest BCUT2D eigenvalue weighted by atomic mass is 10.1. The average molecular weight is 359 g/mol. The molecule has 0 radical (unpaired) electrons. The first kappa shape index (κ1) is 17.2. The number of nitrogens with zero attached hydrogens (tertiary/aromatic N) is 3. The van der Waals surface area contributed by atoms with Gasteiger partial charge in [0.2, 0.25) is 11.1 Å². The highest BCUT2D eigenvalue weighted by Crippen LogP contribution is 2.23. The number of H-pyrrole nitrogens is 1. The highest BCUT2D eigenvalue weighted by Gasteiger charge is 2.30. The second-order valence-corrected chi connectivity index (χ2v) is 6.86. The van der Waals surface area contributed by atoms with Crippen LogP contribution in [0, 0.1) is 0 Å². The second-order valence-electron chi connectivity index (χ2n) is 5.92. The molecular formula is C16H17N5O3S. The van der Waals surface area contributed by atoms with Gasteiger partial charge in [-0.25, -0.2) is 9.78 Å². The summed E-state index contributed by atoms with van der Waals surface area (Å²) in [5.41, 5.74) is 1.15. The van der Waals surface area contributed by atoms with Crippen molar-refractivity contribution < 1.29 is 14.3 Å². The summed E-state index contributed by atoms with van der Waals surface area (Å²) >= 11 is 1.14. The van der Waals surface area contributed by atoms with E-state index >= 15 is 0 Å². The number of para-hydroxylation sites is 1. The van der Waals surface area contributed by atoms with Gasteiger partial charge >= 0.3 is 5.97 Å². The van der Waals surface area contributed by atoms with Crippen LogP contribution in [-0.4, -0.2) is 50.4 Å². The molecule has 0 bridgehead atoms. The van der Waals surface area contributed by atoms with E-state index in [9.17, 15) is 9.59 Å². The Morgan fingerprint density at radius 1 is 1.28 bits per heavy atom. The minimum Gasteiger partial charge on any atom is -0.467 e. The number of rotatable bonds is 5. The SMILES string of the molecule is COC(=O)C(C)(C)NC(=O)CSc1nnc2c(n1)[nH]c1ccccc12. The highest BCUT2D eigenvalue weighted by atomic mass is 32.2. The van der Waals surface area contributed by atoms with E-state index in [4.69, 9.17) is 0 Å². The monoisotopic (exact) mass is 359 g/mol. The number of nitrogens with one attached hydrogen (secondary N) is 2. The third-order valence-corrected chi connectivity index (χ3v) is 4.42. The summed E-state index contributed by atoms with van der Waals surface area (Å²) in [5, 5.41) is 12.2. The summed E-state index contributed by atoms with van der Waals surface area (Å²) in [6, 6.07) is 7.73. The molecule has 1 amide bonds. The van der Waals surface area contributed by atoms with Gasteiger partial charge in [-0.1, -0.05) is 30.0 Å². The molecule has 0 aliphatic carbocycles. The highest BCUT2D eigenvalue weighted by molar-refractivity contribution is 7.99. The molecule has 25 heavy (non-hydrogen) atoms. The van der Waals surface area contributed by atoms with Crippen LogP contribution in [-0.2, 0) is 14.3 Å². The Kier molecular flexibility index (Phi) is 4.58. The Bertz CT molecular complexity index is 953. The number of fused-ring (bicyclic) bond motifs is 3. The van der Waals surface area contributed by atoms with Crippen molar-refractivity contribution in [2.45, 2.75) is 24.5 Å². The zero-order valence-electron chi connectivity index (χ0n) is 14.0. The summed E-state index contributed by atoms with van der Waals surface area (Å²) < 4.78 is 4.66. The molecule has 2 heterocycles. The van der Waals surface area contributed by atoms with E-state index in [1.54, 1.807) is 13.8 Å². The van der Waals surface area contributed by atoms with Gasteiger partial charge in [0, 0.05) is 10.9 Å². The van der Waals surface area contributed by atoms with Crippen LogP contribution >= 0.6 is 11.8 Å². The van der Waals surface area contributed by atoms with Crippen molar-refractivity contribution >= 4 is 45.7 Å². The Morgan fingerprint density at radius 3 is 2.80 bits per heavy atom. The van der Waals surface area contributed by atoms with E-state index in [1.165, 1.54) is 7.11 Å². The fourth-order valence-electron chi connectivity index (χ4n) is 2.39. The molecule has 3 aromatic rings. The predicted molar refractivity (Wildman–Crippen MR) is 94.2 cm³/mol. The topological polar surface area (TPSA) is 110 Å². The molecule has 2 N–H and O–H groups in total. The Morgan fingerprint density at radius 2 is 2.04 bits per heavy atom. The lowest BCUT2D eigenvalue weighted by Crippen LogP contribution is -2.50. The number of aromatic amines is 1. The smallest absolute Gasteiger partial charge is 0.330 e. The molecule has 0 saturated carbocycles. The number of benzene rings is 1. The van der Waals surface area contributed by atoms with Crippen molar-refractivity contribution in [3.63, 3.8) is 0 Å². The minimum absolute atomic E-state index is 0.0633. The lowest BCUT2D eigenvalue weighted by molar-refractivity contribution is -0.149. The van der Waals surface area contributed by atoms with Gasteiger partial charge in [-0.05, 0) is 19.9 Å². The largest absolute Gasteiger partial charge is 0.467 e. The maximum Gasteiger partial charge on any atom is 0.330 e. The molecule has 3 rings (SSSR count). The summed E-state index contributed by atoms with van der Waals surface area (Å²) in [6.07, 6.45) is 0. The summed E-state index contributed by atoms with van der Waals surface area (Å²) in [6.45, 7) is 3.16. The summed E-state index contributed by atoms with van der Waals surface area (Å²) in [5.74, 6) is -0.766. The molecule has 0 fully saturated rings. The van der Waals surface area contributed by atoms with Gasteiger partial charge in [0.05, 0.1) is 12.9 Å². The molecule has 0 spiro atoms. The number of carbonyl (C=O) groups excluding carboxylic acids is 2. The van der Waals surface area contributed by atoms with Gasteiger partial charge in [0.25, 0.3) is 0 Å². The third-order valence-electron chi connectivity index (χ3n) is 3.58. The first-order valence-corrected chi connectivity index (χ1v) is 8.52. The predicted octanol–water partition coefficient (Wildman–Crippen LogP) is 1.67. The fourth-order valence-corrected chi connectivity index (χ4v) is 2.97. The van der Waals surface area contributed by atoms with E-state index in [0.29, 0.717) is 16.3 Å². The normalized spacial score (nSPS) is 11.6. The molecule has 8 nitrogen and oxygen atoms in total. The molecule has 0 aliphatic heterocycles. The van der Waals surface area contributed by atoms with E-state index in [-0.39, 0.29) is 11.7 Å². The number of amides is 1. The Balaban J connectivity index is 1.70. The third kappa shape index (κ3) is 3.55. The van der Waals surface area contributed by atoms with E-state index in [2.05, 4.69) is 30.2 Å². The van der Waals surface area contributed by atoms with E-state index in [0.717, 1.165) is 22.7 Å². The van der Waals surface area contributed by atoms with Gasteiger partial charge in [-0.2, -0.15) is 0 Å². The molecule has 0 aliphatic rings. The van der Waals surface area contributed by atoms with Gasteiger partial charge in [-0.3, -0.25) is 4.79 Å². The number of aromatic nitrogens is 4. The van der Waals surface area contributed by atoms with Crippen molar-refractivity contribution in [2.75, 3.05) is 12.9 Å². The second kappa shape index (κ2) is 6.67. The van der Waals surface area contributed by atoms with Gasteiger partial charge in [0.15, 0.2) is 5.65 Å². The minimum atomic E-state index is -1.09. The van der Waals surface area contributed by atoms with Crippen LogP contribution in [0.15, 0.2) is 29.4 Å². The molecule has 9 heteroatoms. The number of hydrogen-bond acceptors (Lipinski definition) is 7. The number of ether oxygens (including phenoxy) is 1. The van der Waals surface area contributed by atoms with E-state index in [1.807, 2.05) is 24.3 Å².